The molecule has 0 aromatic heterocycles. The lowest BCUT2D eigenvalue weighted by Crippen LogP contribution is -2.26. The number of fused-ring (bicyclic) bond motifs is 1. The molecule has 1 amide bonds. The summed E-state index contributed by atoms with van der Waals surface area (Å²) in [5.74, 6) is -1.13. The van der Waals surface area contributed by atoms with Crippen LogP contribution in [0.5, 0.6) is 11.5 Å². The summed E-state index contributed by atoms with van der Waals surface area (Å²) in [5.41, 5.74) is 1.84. The summed E-state index contributed by atoms with van der Waals surface area (Å²) in [7, 11) is 0. The van der Waals surface area contributed by atoms with Gasteiger partial charge < -0.3 is 15.5 Å². The van der Waals surface area contributed by atoms with E-state index >= 15 is 0 Å². The summed E-state index contributed by atoms with van der Waals surface area (Å²) in [6.45, 7) is 5.83. The summed E-state index contributed by atoms with van der Waals surface area (Å²) < 4.78 is 0. The maximum Gasteiger partial charge on any atom is 0.224 e. The molecule has 0 atom stereocenters. The van der Waals surface area contributed by atoms with E-state index in [1.165, 1.54) is 12.1 Å². The van der Waals surface area contributed by atoms with Crippen molar-refractivity contribution in [3.63, 3.8) is 0 Å². The van der Waals surface area contributed by atoms with E-state index in [1.54, 1.807) is 0 Å². The van der Waals surface area contributed by atoms with Crippen molar-refractivity contribution in [2.75, 3.05) is 0 Å². The first-order chi connectivity index (χ1) is 10.4. The predicted molar refractivity (Wildman–Crippen MR) is 83.5 cm³/mol. The molecule has 5 heteroatoms. The van der Waals surface area contributed by atoms with Gasteiger partial charge in [0.15, 0.2) is 11.5 Å². The average Bonchev–Trinajstić information content (AvgIpc) is 2.70. The van der Waals surface area contributed by atoms with Gasteiger partial charge in [0.05, 0.1) is 5.70 Å². The summed E-state index contributed by atoms with van der Waals surface area (Å²) in [6.07, 6.45) is 2.03. The molecule has 1 aliphatic carbocycles. The van der Waals surface area contributed by atoms with Crippen LogP contribution in [0, 0.1) is 5.92 Å². The number of allylic oxidation sites excluding steroid dienone is 2. The predicted octanol–water partition coefficient (Wildman–Crippen LogP) is 2.97. The van der Waals surface area contributed by atoms with Gasteiger partial charge in [-0.15, -0.1) is 0 Å². The lowest BCUT2D eigenvalue weighted by molar-refractivity contribution is -0.120. The maximum atomic E-state index is 12.5. The molecular formula is C17H21NO4. The van der Waals surface area contributed by atoms with Crippen molar-refractivity contribution in [1.29, 1.82) is 0 Å². The number of aromatic hydroxyl groups is 2. The first kappa shape index (κ1) is 16.1. The number of phenolic OH excluding ortho intramolecular Hbond substituents is 2. The Morgan fingerprint density at radius 3 is 2.32 bits per heavy atom. The van der Waals surface area contributed by atoms with Crippen LogP contribution in [0.4, 0.5) is 0 Å². The molecule has 1 aliphatic rings. The minimum absolute atomic E-state index is 0.00406. The van der Waals surface area contributed by atoms with Gasteiger partial charge in [-0.2, -0.15) is 0 Å². The minimum atomic E-state index is -0.339. The molecule has 0 aliphatic heterocycles. The zero-order valence-electron chi connectivity index (χ0n) is 13.1. The molecule has 0 unspecified atom stereocenters. The molecule has 0 radical (unpaired) electrons. The quantitative estimate of drug-likeness (QED) is 0.730. The zero-order chi connectivity index (χ0) is 16.4. The number of ketones is 1. The van der Waals surface area contributed by atoms with Crippen LogP contribution in [-0.2, 0) is 4.79 Å². The topological polar surface area (TPSA) is 86.6 Å². The Kier molecular flexibility index (Phi) is 4.54. The Morgan fingerprint density at radius 1 is 1.18 bits per heavy atom. The molecule has 0 fully saturated rings. The second kappa shape index (κ2) is 6.22. The van der Waals surface area contributed by atoms with Gasteiger partial charge in [-0.25, -0.2) is 0 Å². The van der Waals surface area contributed by atoms with Crippen molar-refractivity contribution in [3.05, 3.63) is 29.0 Å². The molecule has 22 heavy (non-hydrogen) atoms. The smallest absolute Gasteiger partial charge is 0.224 e. The van der Waals surface area contributed by atoms with Crippen LogP contribution in [-0.4, -0.2) is 21.9 Å². The van der Waals surface area contributed by atoms with Crippen molar-refractivity contribution in [2.45, 2.75) is 40.0 Å². The number of unbranched alkanes of at least 4 members (excludes halogenated alkanes) is 1. The van der Waals surface area contributed by atoms with E-state index in [0.29, 0.717) is 23.1 Å². The maximum absolute atomic E-state index is 12.5. The van der Waals surface area contributed by atoms with E-state index in [2.05, 4.69) is 5.32 Å². The monoisotopic (exact) mass is 303 g/mol. The molecule has 5 nitrogen and oxygen atoms in total. The zero-order valence-corrected chi connectivity index (χ0v) is 13.1. The summed E-state index contributed by atoms with van der Waals surface area (Å²) >= 11 is 0. The normalized spacial score (nSPS) is 13.7. The van der Waals surface area contributed by atoms with Crippen LogP contribution in [0.2, 0.25) is 0 Å². The Balaban J connectivity index is 2.42. The second-order valence-corrected chi connectivity index (χ2v) is 5.81. The highest BCUT2D eigenvalue weighted by atomic mass is 16.3. The average molecular weight is 303 g/mol. The summed E-state index contributed by atoms with van der Waals surface area (Å²) in [5, 5.41) is 22.0. The fraction of sp³-hybridized carbons (Fsp3) is 0.412. The largest absolute Gasteiger partial charge is 0.504 e. The third-order valence-electron chi connectivity index (χ3n) is 3.75. The Labute approximate surface area is 129 Å². The molecular weight excluding hydrogens is 282 g/mol. The first-order valence-electron chi connectivity index (χ1n) is 7.51. The first-order valence-corrected chi connectivity index (χ1v) is 7.51. The fourth-order valence-corrected chi connectivity index (χ4v) is 2.64. The van der Waals surface area contributed by atoms with Crippen molar-refractivity contribution in [1.82, 2.24) is 5.32 Å². The van der Waals surface area contributed by atoms with E-state index in [9.17, 15) is 19.8 Å². The second-order valence-electron chi connectivity index (χ2n) is 5.81. The number of amides is 1. The molecule has 0 heterocycles. The minimum Gasteiger partial charge on any atom is -0.504 e. The SMILES string of the molecule is CCCCC(=O)NC1=C(C(C)C)c2cc(O)c(O)cc2C1=O. The van der Waals surface area contributed by atoms with Gasteiger partial charge in [-0.3, -0.25) is 9.59 Å². The van der Waals surface area contributed by atoms with Crippen molar-refractivity contribution in [2.24, 2.45) is 5.92 Å². The molecule has 2 rings (SSSR count). The number of hydrogen-bond acceptors (Lipinski definition) is 4. The standard InChI is InChI=1S/C17H21NO4/c1-4-5-6-14(21)18-16-15(9(2)3)10-7-12(19)13(20)8-11(10)17(16)22/h7-9,19-20H,4-6H2,1-3H3,(H,18,21,22). The van der Waals surface area contributed by atoms with E-state index in [0.717, 1.165) is 12.8 Å². The molecule has 0 saturated carbocycles. The van der Waals surface area contributed by atoms with Gasteiger partial charge in [0.1, 0.15) is 0 Å². The lowest BCUT2D eigenvalue weighted by atomic mass is 9.96. The molecule has 3 N–H and O–H groups in total. The number of Topliss-reactive ketones (excluding diaryl/α,β-unsaturated/α-hetero) is 1. The van der Waals surface area contributed by atoms with Crippen LogP contribution < -0.4 is 5.32 Å². The van der Waals surface area contributed by atoms with Crippen molar-refractivity contribution >= 4 is 17.3 Å². The van der Waals surface area contributed by atoms with Crippen LogP contribution in [0.3, 0.4) is 0 Å². The number of nitrogens with one attached hydrogen (secondary N) is 1. The molecule has 0 saturated heterocycles. The Morgan fingerprint density at radius 2 is 1.77 bits per heavy atom. The van der Waals surface area contributed by atoms with Crippen LogP contribution in [0.15, 0.2) is 17.8 Å². The number of phenols is 2. The highest BCUT2D eigenvalue weighted by molar-refractivity contribution is 6.22. The number of benzene rings is 1. The Bertz CT molecular complexity index is 659. The van der Waals surface area contributed by atoms with Crippen LogP contribution in [0.1, 0.15) is 56.0 Å². The third-order valence-corrected chi connectivity index (χ3v) is 3.75. The number of carbonyl (C=O) groups excluding carboxylic acids is 2. The van der Waals surface area contributed by atoms with Gasteiger partial charge in [0.25, 0.3) is 0 Å². The van der Waals surface area contributed by atoms with Gasteiger partial charge in [0.2, 0.25) is 11.7 Å². The number of rotatable bonds is 5. The van der Waals surface area contributed by atoms with Gasteiger partial charge >= 0.3 is 0 Å². The van der Waals surface area contributed by atoms with E-state index in [1.807, 2.05) is 20.8 Å². The highest BCUT2D eigenvalue weighted by Gasteiger charge is 2.33. The molecule has 1 aromatic carbocycles. The van der Waals surface area contributed by atoms with Crippen molar-refractivity contribution < 1.29 is 19.8 Å². The van der Waals surface area contributed by atoms with Crippen LogP contribution >= 0.6 is 0 Å². The third kappa shape index (κ3) is 2.84. The van der Waals surface area contributed by atoms with Gasteiger partial charge in [-0.1, -0.05) is 27.2 Å². The summed E-state index contributed by atoms with van der Waals surface area (Å²) in [6, 6.07) is 2.63. The summed E-state index contributed by atoms with van der Waals surface area (Å²) in [4.78, 5) is 24.5. The lowest BCUT2D eigenvalue weighted by Gasteiger charge is -2.12. The number of hydrogen-bond donors (Lipinski definition) is 3. The molecule has 1 aromatic rings. The van der Waals surface area contributed by atoms with E-state index in [4.69, 9.17) is 0 Å². The highest BCUT2D eigenvalue weighted by Crippen LogP contribution is 2.41. The molecule has 0 bridgehead atoms. The van der Waals surface area contributed by atoms with Crippen LogP contribution in [0.25, 0.3) is 5.57 Å². The van der Waals surface area contributed by atoms with E-state index in [-0.39, 0.29) is 34.8 Å². The number of carbonyl (C=O) groups is 2. The Hall–Kier alpha value is -2.30. The molecule has 0 spiro atoms. The van der Waals surface area contributed by atoms with E-state index < -0.39 is 0 Å². The molecule has 118 valence electrons. The van der Waals surface area contributed by atoms with Gasteiger partial charge in [-0.05, 0) is 35.6 Å². The fourth-order valence-electron chi connectivity index (χ4n) is 2.64. The van der Waals surface area contributed by atoms with Gasteiger partial charge in [0, 0.05) is 12.0 Å². The van der Waals surface area contributed by atoms with Crippen molar-refractivity contribution in [3.8, 4) is 11.5 Å².